The summed E-state index contributed by atoms with van der Waals surface area (Å²) in [7, 11) is 0. The van der Waals surface area contributed by atoms with Gasteiger partial charge in [-0.05, 0) is 54.8 Å². The summed E-state index contributed by atoms with van der Waals surface area (Å²) in [6.07, 6.45) is 2.63. The van der Waals surface area contributed by atoms with E-state index in [4.69, 9.17) is 0 Å². The molecule has 1 aromatic heterocycles. The number of rotatable bonds is 8. The van der Waals surface area contributed by atoms with Crippen LogP contribution in [0.3, 0.4) is 0 Å². The number of fused-ring (bicyclic) bond motifs is 1. The lowest BCUT2D eigenvalue weighted by atomic mass is 10.1. The minimum atomic E-state index is -0.215. The number of carbonyl (C=O) groups is 2. The molecule has 0 aliphatic rings. The van der Waals surface area contributed by atoms with E-state index in [1.165, 1.54) is 5.56 Å². The molecule has 6 heteroatoms. The number of nitrogens with one attached hydrogen (secondary N) is 4. The molecule has 162 valence electrons. The number of para-hydroxylation sites is 2. The van der Waals surface area contributed by atoms with E-state index >= 15 is 0 Å². The Kier molecular flexibility index (Phi) is 6.51. The summed E-state index contributed by atoms with van der Waals surface area (Å²) in [6.45, 7) is 2.60. The van der Waals surface area contributed by atoms with Crippen LogP contribution in [0.2, 0.25) is 0 Å². The van der Waals surface area contributed by atoms with Crippen molar-refractivity contribution in [1.29, 1.82) is 0 Å². The van der Waals surface area contributed by atoms with E-state index in [1.807, 2.05) is 55.6 Å². The van der Waals surface area contributed by atoms with Gasteiger partial charge in [-0.1, -0.05) is 42.5 Å². The van der Waals surface area contributed by atoms with Crippen LogP contribution in [0.4, 0.5) is 11.4 Å². The van der Waals surface area contributed by atoms with Crippen molar-refractivity contribution in [2.24, 2.45) is 0 Å². The van der Waals surface area contributed by atoms with Gasteiger partial charge >= 0.3 is 0 Å². The van der Waals surface area contributed by atoms with Crippen molar-refractivity contribution in [3.05, 3.63) is 95.7 Å². The molecule has 0 saturated heterocycles. The predicted molar refractivity (Wildman–Crippen MR) is 129 cm³/mol. The Balaban J connectivity index is 1.35. The first-order valence-electron chi connectivity index (χ1n) is 10.6. The summed E-state index contributed by atoms with van der Waals surface area (Å²) < 4.78 is 0. The van der Waals surface area contributed by atoms with Gasteiger partial charge in [0.1, 0.15) is 0 Å². The molecule has 0 unspecified atom stereocenters. The Bertz CT molecular complexity index is 1250. The predicted octanol–water partition coefficient (Wildman–Crippen LogP) is 4.50. The molecule has 0 aliphatic heterocycles. The van der Waals surface area contributed by atoms with Gasteiger partial charge in [0.2, 0.25) is 5.91 Å². The highest BCUT2D eigenvalue weighted by Gasteiger charge is 2.13. The van der Waals surface area contributed by atoms with E-state index in [9.17, 15) is 9.59 Å². The number of benzene rings is 3. The summed E-state index contributed by atoms with van der Waals surface area (Å²) in [5.74, 6) is -0.429. The lowest BCUT2D eigenvalue weighted by molar-refractivity contribution is -0.114. The van der Waals surface area contributed by atoms with Gasteiger partial charge in [-0.15, -0.1) is 0 Å². The first-order chi connectivity index (χ1) is 15.6. The number of hydrogen-bond donors (Lipinski definition) is 4. The topological polar surface area (TPSA) is 86.0 Å². The third kappa shape index (κ3) is 4.98. The molecule has 4 rings (SSSR count). The second kappa shape index (κ2) is 9.83. The maximum atomic E-state index is 12.8. The van der Waals surface area contributed by atoms with Gasteiger partial charge in [-0.25, -0.2) is 0 Å². The average molecular weight is 427 g/mol. The zero-order valence-corrected chi connectivity index (χ0v) is 17.9. The van der Waals surface area contributed by atoms with Crippen molar-refractivity contribution in [2.75, 3.05) is 23.7 Å². The largest absolute Gasteiger partial charge is 0.376 e. The molecule has 2 amide bonds. The summed E-state index contributed by atoms with van der Waals surface area (Å²) in [5.41, 5.74) is 5.17. The highest BCUT2D eigenvalue weighted by molar-refractivity contribution is 6.04. The van der Waals surface area contributed by atoms with Crippen LogP contribution in [0.1, 0.15) is 21.5 Å². The minimum Gasteiger partial charge on any atom is -0.376 e. The van der Waals surface area contributed by atoms with Crippen LogP contribution in [0.25, 0.3) is 10.9 Å². The second-order valence-electron chi connectivity index (χ2n) is 7.62. The molecule has 0 saturated carbocycles. The van der Waals surface area contributed by atoms with Crippen LogP contribution in [-0.2, 0) is 11.2 Å². The van der Waals surface area contributed by atoms with Crippen LogP contribution in [-0.4, -0.2) is 29.9 Å². The summed E-state index contributed by atoms with van der Waals surface area (Å²) in [4.78, 5) is 28.5. The molecular formula is C26H26N4O2. The number of aromatic nitrogens is 1. The fourth-order valence-electron chi connectivity index (χ4n) is 3.71. The van der Waals surface area contributed by atoms with Crippen molar-refractivity contribution in [1.82, 2.24) is 10.3 Å². The van der Waals surface area contributed by atoms with Crippen molar-refractivity contribution >= 4 is 34.1 Å². The maximum absolute atomic E-state index is 12.8. The van der Waals surface area contributed by atoms with E-state index in [0.29, 0.717) is 17.8 Å². The fourth-order valence-corrected chi connectivity index (χ4v) is 3.71. The van der Waals surface area contributed by atoms with E-state index in [0.717, 1.165) is 28.6 Å². The Morgan fingerprint density at radius 1 is 0.875 bits per heavy atom. The van der Waals surface area contributed by atoms with Gasteiger partial charge in [0, 0.05) is 29.3 Å². The number of H-pyrrole nitrogens is 1. The monoisotopic (exact) mass is 426 g/mol. The first-order valence-corrected chi connectivity index (χ1v) is 10.6. The number of carbonyl (C=O) groups excluding carboxylic acids is 2. The quantitative estimate of drug-likeness (QED) is 0.335. The molecule has 4 N–H and O–H groups in total. The standard InChI is InChI=1S/C26H26N4O2/c1-18-7-2-4-10-22(18)29-17-25(31)30-24-11-5-3-9-21(24)26(32)28-15-13-19-8-6-12-23-20(19)14-16-27-23/h2-12,14,16,27,29H,13,15,17H2,1H3,(H,28,32)(H,30,31). The molecule has 0 radical (unpaired) electrons. The van der Waals surface area contributed by atoms with E-state index in [2.05, 4.69) is 27.0 Å². The number of anilines is 2. The van der Waals surface area contributed by atoms with Crippen molar-refractivity contribution in [2.45, 2.75) is 13.3 Å². The normalized spacial score (nSPS) is 10.7. The molecule has 32 heavy (non-hydrogen) atoms. The molecule has 0 spiro atoms. The lowest BCUT2D eigenvalue weighted by Crippen LogP contribution is -2.28. The molecular weight excluding hydrogens is 400 g/mol. The molecule has 0 bridgehead atoms. The first kappa shape index (κ1) is 21.2. The Hall–Kier alpha value is -4.06. The van der Waals surface area contributed by atoms with Gasteiger partial charge in [-0.2, -0.15) is 0 Å². The molecule has 4 aromatic rings. The summed E-state index contributed by atoms with van der Waals surface area (Å²) in [5, 5.41) is 10.1. The molecule has 0 atom stereocenters. The smallest absolute Gasteiger partial charge is 0.253 e. The van der Waals surface area contributed by atoms with Crippen molar-refractivity contribution < 1.29 is 9.59 Å². The number of aromatic amines is 1. The highest BCUT2D eigenvalue weighted by Crippen LogP contribution is 2.18. The Morgan fingerprint density at radius 3 is 2.50 bits per heavy atom. The minimum absolute atomic E-state index is 0.113. The third-order valence-electron chi connectivity index (χ3n) is 5.40. The number of hydrogen-bond acceptors (Lipinski definition) is 3. The van der Waals surface area contributed by atoms with Crippen LogP contribution < -0.4 is 16.0 Å². The maximum Gasteiger partial charge on any atom is 0.253 e. The van der Waals surface area contributed by atoms with Gasteiger partial charge in [0.25, 0.3) is 5.91 Å². The molecule has 1 heterocycles. The van der Waals surface area contributed by atoms with E-state index in [1.54, 1.807) is 24.3 Å². The summed E-state index contributed by atoms with van der Waals surface area (Å²) in [6, 6.07) is 23.0. The average Bonchev–Trinajstić information content (AvgIpc) is 3.29. The van der Waals surface area contributed by atoms with Gasteiger partial charge < -0.3 is 20.9 Å². The molecule has 3 aromatic carbocycles. The van der Waals surface area contributed by atoms with Gasteiger partial charge in [0.15, 0.2) is 0 Å². The summed E-state index contributed by atoms with van der Waals surface area (Å²) >= 11 is 0. The van der Waals surface area contributed by atoms with Crippen LogP contribution in [0, 0.1) is 6.92 Å². The van der Waals surface area contributed by atoms with Gasteiger partial charge in [0.05, 0.1) is 17.8 Å². The molecule has 0 aliphatic carbocycles. The van der Waals surface area contributed by atoms with E-state index in [-0.39, 0.29) is 18.4 Å². The zero-order valence-electron chi connectivity index (χ0n) is 17.9. The Morgan fingerprint density at radius 2 is 1.66 bits per heavy atom. The number of aryl methyl sites for hydroxylation is 1. The molecule has 6 nitrogen and oxygen atoms in total. The van der Waals surface area contributed by atoms with Gasteiger partial charge in [-0.3, -0.25) is 9.59 Å². The Labute approximate surface area is 187 Å². The van der Waals surface area contributed by atoms with Crippen LogP contribution >= 0.6 is 0 Å². The lowest BCUT2D eigenvalue weighted by Gasteiger charge is -2.13. The fraction of sp³-hybridized carbons (Fsp3) is 0.154. The highest BCUT2D eigenvalue weighted by atomic mass is 16.2. The number of amides is 2. The second-order valence-corrected chi connectivity index (χ2v) is 7.62. The van der Waals surface area contributed by atoms with Crippen LogP contribution in [0.5, 0.6) is 0 Å². The van der Waals surface area contributed by atoms with E-state index < -0.39 is 0 Å². The SMILES string of the molecule is Cc1ccccc1NCC(=O)Nc1ccccc1C(=O)NCCc1cccc2[nH]ccc12. The van der Waals surface area contributed by atoms with Crippen LogP contribution in [0.15, 0.2) is 79.0 Å². The van der Waals surface area contributed by atoms with Crippen molar-refractivity contribution in [3.8, 4) is 0 Å². The van der Waals surface area contributed by atoms with Crippen molar-refractivity contribution in [3.63, 3.8) is 0 Å². The zero-order chi connectivity index (χ0) is 22.3. The third-order valence-corrected chi connectivity index (χ3v) is 5.40. The molecule has 0 fully saturated rings.